The summed E-state index contributed by atoms with van der Waals surface area (Å²) in [5, 5.41) is 9.62. The van der Waals surface area contributed by atoms with Crippen molar-refractivity contribution in [3.63, 3.8) is 0 Å². The number of anilines is 1. The topological polar surface area (TPSA) is 49.8 Å². The second kappa shape index (κ2) is 4.94. The van der Waals surface area contributed by atoms with Crippen LogP contribution in [0.1, 0.15) is 6.92 Å². The van der Waals surface area contributed by atoms with Crippen LogP contribution in [-0.2, 0) is 4.79 Å². The third kappa shape index (κ3) is 2.53. The maximum atomic E-state index is 11.8. The first-order valence-corrected chi connectivity index (χ1v) is 5.83. The van der Waals surface area contributed by atoms with Gasteiger partial charge >= 0.3 is 0 Å². The lowest BCUT2D eigenvalue weighted by Gasteiger charge is -2.31. The highest BCUT2D eigenvalue weighted by atomic mass is 35.5. The molecular formula is C12H14ClNO3. The van der Waals surface area contributed by atoms with Crippen LogP contribution in [0.3, 0.4) is 0 Å². The Morgan fingerprint density at radius 2 is 2.35 bits per heavy atom. The first kappa shape index (κ1) is 12.2. The molecule has 4 nitrogen and oxygen atoms in total. The van der Waals surface area contributed by atoms with E-state index in [1.807, 2.05) is 6.92 Å². The number of aliphatic hydroxyl groups excluding tert-OH is 1. The van der Waals surface area contributed by atoms with E-state index in [4.69, 9.17) is 21.4 Å². The molecule has 92 valence electrons. The lowest BCUT2D eigenvalue weighted by atomic mass is 10.1. The van der Waals surface area contributed by atoms with Gasteiger partial charge in [0, 0.05) is 18.2 Å². The van der Waals surface area contributed by atoms with Crippen molar-refractivity contribution in [3.8, 4) is 5.75 Å². The minimum atomic E-state index is -0.111. The van der Waals surface area contributed by atoms with E-state index in [-0.39, 0.29) is 25.0 Å². The van der Waals surface area contributed by atoms with E-state index in [1.54, 1.807) is 23.1 Å². The van der Waals surface area contributed by atoms with E-state index in [2.05, 4.69) is 0 Å². The maximum absolute atomic E-state index is 11.8. The third-order valence-corrected chi connectivity index (χ3v) is 2.90. The maximum Gasteiger partial charge on any atom is 0.265 e. The summed E-state index contributed by atoms with van der Waals surface area (Å²) in [7, 11) is 0. The first-order chi connectivity index (χ1) is 8.11. The van der Waals surface area contributed by atoms with Crippen LogP contribution >= 0.6 is 11.6 Å². The van der Waals surface area contributed by atoms with E-state index < -0.39 is 0 Å². The quantitative estimate of drug-likeness (QED) is 0.894. The van der Waals surface area contributed by atoms with Crippen LogP contribution in [0.5, 0.6) is 5.75 Å². The van der Waals surface area contributed by atoms with Crippen molar-refractivity contribution in [1.29, 1.82) is 0 Å². The second-order valence-electron chi connectivity index (χ2n) is 4.19. The fourth-order valence-electron chi connectivity index (χ4n) is 1.74. The highest BCUT2D eigenvalue weighted by Crippen LogP contribution is 2.34. The number of aliphatic hydroxyl groups is 1. The molecule has 1 heterocycles. The van der Waals surface area contributed by atoms with Gasteiger partial charge in [-0.3, -0.25) is 4.79 Å². The van der Waals surface area contributed by atoms with Gasteiger partial charge in [0.1, 0.15) is 5.75 Å². The number of fused-ring (bicyclic) bond motifs is 1. The van der Waals surface area contributed by atoms with Crippen LogP contribution in [0.25, 0.3) is 0 Å². The second-order valence-corrected chi connectivity index (χ2v) is 4.63. The van der Waals surface area contributed by atoms with Gasteiger partial charge in [0.05, 0.1) is 5.69 Å². The standard InChI is InChI=1S/C12H14ClNO3/c1-8(6-15)5-14-10-4-9(13)2-3-11(10)17-7-12(14)16/h2-4,8,15H,5-7H2,1H3. The SMILES string of the molecule is CC(CO)CN1C(=O)COc2ccc(Cl)cc21. The van der Waals surface area contributed by atoms with Gasteiger partial charge in [-0.2, -0.15) is 0 Å². The van der Waals surface area contributed by atoms with Crippen molar-refractivity contribution in [2.45, 2.75) is 6.92 Å². The van der Waals surface area contributed by atoms with Crippen LogP contribution in [0.4, 0.5) is 5.69 Å². The Bertz CT molecular complexity index is 436. The average molecular weight is 256 g/mol. The molecule has 1 amide bonds. The van der Waals surface area contributed by atoms with Gasteiger partial charge in [-0.1, -0.05) is 18.5 Å². The van der Waals surface area contributed by atoms with Gasteiger partial charge in [-0.05, 0) is 24.1 Å². The molecule has 5 heteroatoms. The molecule has 1 atom stereocenters. The summed E-state index contributed by atoms with van der Waals surface area (Å²) in [6.45, 7) is 2.42. The molecule has 0 fully saturated rings. The molecule has 1 unspecified atom stereocenters. The van der Waals surface area contributed by atoms with E-state index in [0.29, 0.717) is 23.0 Å². The summed E-state index contributed by atoms with van der Waals surface area (Å²) < 4.78 is 5.32. The molecule has 1 aliphatic rings. The van der Waals surface area contributed by atoms with Gasteiger partial charge in [0.25, 0.3) is 5.91 Å². The molecule has 1 aliphatic heterocycles. The summed E-state index contributed by atoms with van der Waals surface area (Å²) in [5.74, 6) is 0.558. The van der Waals surface area contributed by atoms with E-state index in [1.165, 1.54) is 0 Å². The number of hydrogen-bond donors (Lipinski definition) is 1. The van der Waals surface area contributed by atoms with Crippen molar-refractivity contribution >= 4 is 23.2 Å². The number of carbonyl (C=O) groups excluding carboxylic acids is 1. The molecule has 1 aromatic rings. The zero-order chi connectivity index (χ0) is 12.4. The van der Waals surface area contributed by atoms with E-state index in [0.717, 1.165) is 0 Å². The van der Waals surface area contributed by atoms with Crippen LogP contribution in [0.2, 0.25) is 5.02 Å². The molecule has 1 N–H and O–H groups in total. The zero-order valence-corrected chi connectivity index (χ0v) is 10.3. The van der Waals surface area contributed by atoms with Crippen LogP contribution in [0, 0.1) is 5.92 Å². The Hall–Kier alpha value is -1.26. The number of hydrogen-bond acceptors (Lipinski definition) is 3. The highest BCUT2D eigenvalue weighted by molar-refractivity contribution is 6.31. The summed E-state index contributed by atoms with van der Waals surface area (Å²) >= 11 is 5.92. The molecule has 0 radical (unpaired) electrons. The molecule has 0 spiro atoms. The van der Waals surface area contributed by atoms with Crippen molar-refractivity contribution < 1.29 is 14.6 Å². The molecule has 0 aliphatic carbocycles. The van der Waals surface area contributed by atoms with Gasteiger partial charge in [-0.25, -0.2) is 0 Å². The number of nitrogens with zero attached hydrogens (tertiary/aromatic N) is 1. The number of rotatable bonds is 3. The molecule has 0 saturated carbocycles. The lowest BCUT2D eigenvalue weighted by molar-refractivity contribution is -0.121. The molecule has 0 aromatic heterocycles. The Labute approximate surface area is 105 Å². The van der Waals surface area contributed by atoms with Gasteiger partial charge < -0.3 is 14.7 Å². The molecule has 0 saturated heterocycles. The number of ether oxygens (including phenoxy) is 1. The molecule has 17 heavy (non-hydrogen) atoms. The molecule has 0 bridgehead atoms. The van der Waals surface area contributed by atoms with Crippen molar-refractivity contribution in [1.82, 2.24) is 0 Å². The van der Waals surface area contributed by atoms with Gasteiger partial charge in [0.2, 0.25) is 0 Å². The van der Waals surface area contributed by atoms with Crippen molar-refractivity contribution in [2.24, 2.45) is 5.92 Å². The summed E-state index contributed by atoms with van der Waals surface area (Å²) in [5.41, 5.74) is 0.675. The van der Waals surface area contributed by atoms with Crippen LogP contribution in [0.15, 0.2) is 18.2 Å². The predicted octanol–water partition coefficient (Wildman–Crippen LogP) is 1.69. The summed E-state index contributed by atoms with van der Waals surface area (Å²) in [4.78, 5) is 13.4. The largest absolute Gasteiger partial charge is 0.482 e. The number of benzene rings is 1. The Balaban J connectivity index is 2.32. The molecule has 2 rings (SSSR count). The van der Waals surface area contributed by atoms with Gasteiger partial charge in [0.15, 0.2) is 6.61 Å². The summed E-state index contributed by atoms with van der Waals surface area (Å²) in [6.07, 6.45) is 0. The number of halogens is 1. The summed E-state index contributed by atoms with van der Waals surface area (Å²) in [6, 6.07) is 5.18. The highest BCUT2D eigenvalue weighted by Gasteiger charge is 2.26. The molecular weight excluding hydrogens is 242 g/mol. The fraction of sp³-hybridized carbons (Fsp3) is 0.417. The predicted molar refractivity (Wildman–Crippen MR) is 65.5 cm³/mol. The van der Waals surface area contributed by atoms with Gasteiger partial charge in [-0.15, -0.1) is 0 Å². The van der Waals surface area contributed by atoms with E-state index in [9.17, 15) is 4.79 Å². The normalized spacial score (nSPS) is 16.4. The lowest BCUT2D eigenvalue weighted by Crippen LogP contribution is -2.41. The number of amides is 1. The third-order valence-electron chi connectivity index (χ3n) is 2.67. The van der Waals surface area contributed by atoms with Crippen LogP contribution < -0.4 is 9.64 Å². The van der Waals surface area contributed by atoms with E-state index >= 15 is 0 Å². The van der Waals surface area contributed by atoms with Crippen molar-refractivity contribution in [2.75, 3.05) is 24.7 Å². The monoisotopic (exact) mass is 255 g/mol. The smallest absolute Gasteiger partial charge is 0.265 e. The van der Waals surface area contributed by atoms with Crippen molar-refractivity contribution in [3.05, 3.63) is 23.2 Å². The fourth-order valence-corrected chi connectivity index (χ4v) is 1.91. The zero-order valence-electron chi connectivity index (χ0n) is 9.52. The van der Waals surface area contributed by atoms with Crippen LogP contribution in [-0.4, -0.2) is 30.8 Å². The minimum Gasteiger partial charge on any atom is -0.482 e. The Kier molecular flexibility index (Phi) is 3.54. The number of carbonyl (C=O) groups is 1. The molecule has 1 aromatic carbocycles. The average Bonchev–Trinajstić information content (AvgIpc) is 2.32. The Morgan fingerprint density at radius 1 is 1.59 bits per heavy atom. The minimum absolute atomic E-state index is 0.0175. The Morgan fingerprint density at radius 3 is 3.06 bits per heavy atom. The first-order valence-electron chi connectivity index (χ1n) is 5.45.